The minimum absolute atomic E-state index is 0.288. The number of nitrogens with zero attached hydrogens (tertiary/aromatic N) is 2. The molecule has 6 heteroatoms. The van der Waals surface area contributed by atoms with Gasteiger partial charge in [-0.25, -0.2) is 4.39 Å². The molecule has 0 saturated heterocycles. The zero-order valence-electron chi connectivity index (χ0n) is 15.4. The SMILES string of the molecule is COc1ccc(OC)c(Nc2nnc(-c3ccc(F)cc3)c3ccccc23)c1. The molecule has 0 fully saturated rings. The average molecular weight is 375 g/mol. The Morgan fingerprint density at radius 1 is 0.821 bits per heavy atom. The summed E-state index contributed by atoms with van der Waals surface area (Å²) in [7, 11) is 3.21. The lowest BCUT2D eigenvalue weighted by molar-refractivity contribution is 0.405. The number of ether oxygens (including phenoxy) is 2. The van der Waals surface area contributed by atoms with E-state index >= 15 is 0 Å². The fourth-order valence-electron chi connectivity index (χ4n) is 3.06. The summed E-state index contributed by atoms with van der Waals surface area (Å²) in [5, 5.41) is 13.9. The Morgan fingerprint density at radius 3 is 2.29 bits per heavy atom. The number of nitrogens with one attached hydrogen (secondary N) is 1. The van der Waals surface area contributed by atoms with Gasteiger partial charge in [-0.1, -0.05) is 24.3 Å². The van der Waals surface area contributed by atoms with E-state index in [0.29, 0.717) is 23.0 Å². The van der Waals surface area contributed by atoms with Gasteiger partial charge in [0, 0.05) is 22.4 Å². The third-order valence-electron chi connectivity index (χ3n) is 4.46. The van der Waals surface area contributed by atoms with E-state index in [1.165, 1.54) is 12.1 Å². The summed E-state index contributed by atoms with van der Waals surface area (Å²) in [5.41, 5.74) is 2.21. The first-order valence-corrected chi connectivity index (χ1v) is 8.70. The molecule has 1 aromatic heterocycles. The first-order chi connectivity index (χ1) is 13.7. The number of aromatic nitrogens is 2. The quantitative estimate of drug-likeness (QED) is 0.520. The molecule has 0 aliphatic carbocycles. The van der Waals surface area contributed by atoms with Gasteiger partial charge in [-0.15, -0.1) is 10.2 Å². The van der Waals surface area contributed by atoms with Crippen LogP contribution in [-0.2, 0) is 0 Å². The van der Waals surface area contributed by atoms with Crippen molar-refractivity contribution in [1.29, 1.82) is 0 Å². The van der Waals surface area contributed by atoms with Crippen LogP contribution >= 0.6 is 0 Å². The predicted molar refractivity (Wildman–Crippen MR) is 108 cm³/mol. The van der Waals surface area contributed by atoms with Gasteiger partial charge in [0.25, 0.3) is 0 Å². The highest BCUT2D eigenvalue weighted by molar-refractivity contribution is 6.01. The molecule has 0 radical (unpaired) electrons. The van der Waals surface area contributed by atoms with Crippen LogP contribution in [0.5, 0.6) is 11.5 Å². The standard InChI is InChI=1S/C22H18FN3O2/c1-27-16-11-12-20(28-2)19(13-16)24-22-18-6-4-3-5-17(18)21(25-26-22)14-7-9-15(23)10-8-14/h3-13H,1-2H3,(H,24,26). The first kappa shape index (κ1) is 17.7. The lowest BCUT2D eigenvalue weighted by Crippen LogP contribution is -2.01. The molecule has 140 valence electrons. The zero-order chi connectivity index (χ0) is 19.5. The number of hydrogen-bond donors (Lipinski definition) is 1. The summed E-state index contributed by atoms with van der Waals surface area (Å²) in [6, 6.07) is 19.5. The van der Waals surface area contributed by atoms with E-state index in [1.807, 2.05) is 42.5 Å². The van der Waals surface area contributed by atoms with Crippen molar-refractivity contribution in [2.45, 2.75) is 0 Å². The van der Waals surface area contributed by atoms with Gasteiger partial charge in [-0.3, -0.25) is 0 Å². The van der Waals surface area contributed by atoms with E-state index in [9.17, 15) is 4.39 Å². The Kier molecular flexibility index (Phi) is 4.76. The molecule has 4 rings (SSSR count). The van der Waals surface area contributed by atoms with Gasteiger partial charge in [0.1, 0.15) is 23.0 Å². The maximum Gasteiger partial charge on any atom is 0.161 e. The highest BCUT2D eigenvalue weighted by atomic mass is 19.1. The van der Waals surface area contributed by atoms with Crippen LogP contribution in [0.15, 0.2) is 66.7 Å². The fourth-order valence-corrected chi connectivity index (χ4v) is 3.06. The zero-order valence-corrected chi connectivity index (χ0v) is 15.4. The van der Waals surface area contributed by atoms with Gasteiger partial charge in [0.05, 0.1) is 19.9 Å². The van der Waals surface area contributed by atoms with E-state index in [4.69, 9.17) is 9.47 Å². The Balaban J connectivity index is 1.82. The van der Waals surface area contributed by atoms with Crippen molar-refractivity contribution in [2.75, 3.05) is 19.5 Å². The Labute approximate surface area is 161 Å². The van der Waals surface area contributed by atoms with Crippen LogP contribution in [0.2, 0.25) is 0 Å². The van der Waals surface area contributed by atoms with Crippen LogP contribution < -0.4 is 14.8 Å². The number of fused-ring (bicyclic) bond motifs is 1. The van der Waals surface area contributed by atoms with Crippen molar-refractivity contribution in [3.8, 4) is 22.8 Å². The molecule has 0 spiro atoms. The summed E-state index contributed by atoms with van der Waals surface area (Å²) < 4.78 is 24.0. The minimum atomic E-state index is -0.288. The number of halogens is 1. The second-order valence-corrected chi connectivity index (χ2v) is 6.14. The normalized spacial score (nSPS) is 10.7. The molecule has 0 aliphatic heterocycles. The monoisotopic (exact) mass is 375 g/mol. The fraction of sp³-hybridized carbons (Fsp3) is 0.0909. The molecule has 28 heavy (non-hydrogen) atoms. The van der Waals surface area contributed by atoms with Crippen molar-refractivity contribution in [2.24, 2.45) is 0 Å². The highest BCUT2D eigenvalue weighted by Gasteiger charge is 2.13. The van der Waals surface area contributed by atoms with Gasteiger partial charge in [-0.05, 0) is 36.4 Å². The van der Waals surface area contributed by atoms with Crippen molar-refractivity contribution < 1.29 is 13.9 Å². The summed E-state index contributed by atoms with van der Waals surface area (Å²) in [4.78, 5) is 0. The van der Waals surface area contributed by atoms with Crippen molar-refractivity contribution in [1.82, 2.24) is 10.2 Å². The molecule has 0 aliphatic rings. The Hall–Kier alpha value is -3.67. The van der Waals surface area contributed by atoms with Gasteiger partial charge >= 0.3 is 0 Å². The van der Waals surface area contributed by atoms with E-state index in [2.05, 4.69) is 15.5 Å². The van der Waals surface area contributed by atoms with Crippen molar-refractivity contribution in [3.63, 3.8) is 0 Å². The molecule has 3 aromatic carbocycles. The van der Waals surface area contributed by atoms with Gasteiger partial charge in [0.15, 0.2) is 5.82 Å². The lowest BCUT2D eigenvalue weighted by atomic mass is 10.0. The molecule has 0 amide bonds. The topological polar surface area (TPSA) is 56.3 Å². The molecule has 0 unspecified atom stereocenters. The van der Waals surface area contributed by atoms with E-state index < -0.39 is 0 Å². The summed E-state index contributed by atoms with van der Waals surface area (Å²) >= 11 is 0. The molecule has 1 heterocycles. The molecule has 0 bridgehead atoms. The van der Waals surface area contributed by atoms with Crippen LogP contribution in [0.4, 0.5) is 15.9 Å². The number of anilines is 2. The highest BCUT2D eigenvalue weighted by Crippen LogP contribution is 2.35. The third kappa shape index (κ3) is 3.32. The van der Waals surface area contributed by atoms with Crippen molar-refractivity contribution in [3.05, 3.63) is 72.5 Å². The number of benzene rings is 3. The Bertz CT molecular complexity index is 1130. The average Bonchev–Trinajstić information content (AvgIpc) is 2.74. The van der Waals surface area contributed by atoms with E-state index in [-0.39, 0.29) is 5.82 Å². The third-order valence-corrected chi connectivity index (χ3v) is 4.46. The molecule has 1 N–H and O–H groups in total. The second kappa shape index (κ2) is 7.52. The largest absolute Gasteiger partial charge is 0.497 e. The number of methoxy groups -OCH3 is 2. The number of rotatable bonds is 5. The summed E-state index contributed by atoms with van der Waals surface area (Å²) in [6.07, 6.45) is 0. The summed E-state index contributed by atoms with van der Waals surface area (Å²) in [5.74, 6) is 1.66. The summed E-state index contributed by atoms with van der Waals surface area (Å²) in [6.45, 7) is 0. The Morgan fingerprint density at radius 2 is 1.57 bits per heavy atom. The van der Waals surface area contributed by atoms with Crippen LogP contribution in [0.25, 0.3) is 22.0 Å². The molecule has 5 nitrogen and oxygen atoms in total. The van der Waals surface area contributed by atoms with Crippen molar-refractivity contribution >= 4 is 22.3 Å². The maximum atomic E-state index is 13.3. The number of hydrogen-bond acceptors (Lipinski definition) is 5. The minimum Gasteiger partial charge on any atom is -0.497 e. The van der Waals surface area contributed by atoms with E-state index in [1.54, 1.807) is 26.4 Å². The second-order valence-electron chi connectivity index (χ2n) is 6.14. The lowest BCUT2D eigenvalue weighted by Gasteiger charge is -2.14. The maximum absolute atomic E-state index is 13.3. The van der Waals surface area contributed by atoms with E-state index in [0.717, 1.165) is 22.0 Å². The first-order valence-electron chi connectivity index (χ1n) is 8.70. The molecule has 0 saturated carbocycles. The van der Waals surface area contributed by atoms with Crippen LogP contribution in [0, 0.1) is 5.82 Å². The van der Waals surface area contributed by atoms with Crippen LogP contribution in [-0.4, -0.2) is 24.4 Å². The van der Waals surface area contributed by atoms with Gasteiger partial charge in [-0.2, -0.15) is 0 Å². The smallest absolute Gasteiger partial charge is 0.161 e. The van der Waals surface area contributed by atoms with Gasteiger partial charge in [0.2, 0.25) is 0 Å². The molecule has 4 aromatic rings. The van der Waals surface area contributed by atoms with Crippen LogP contribution in [0.1, 0.15) is 0 Å². The predicted octanol–water partition coefficient (Wildman–Crippen LogP) is 5.20. The molecular weight excluding hydrogens is 357 g/mol. The molecule has 0 atom stereocenters. The molecular formula is C22H18FN3O2. The van der Waals surface area contributed by atoms with Crippen LogP contribution in [0.3, 0.4) is 0 Å². The van der Waals surface area contributed by atoms with Gasteiger partial charge < -0.3 is 14.8 Å².